The van der Waals surface area contributed by atoms with E-state index in [4.69, 9.17) is 13.6 Å². The molecular weight excluding hydrogens is 298 g/mol. The van der Waals surface area contributed by atoms with Crippen LogP contribution in [0.15, 0.2) is 62.4 Å². The zero-order valence-electron chi connectivity index (χ0n) is 12.5. The maximum atomic E-state index is 12.0. The van der Waals surface area contributed by atoms with E-state index < -0.39 is 5.63 Å². The quantitative estimate of drug-likeness (QED) is 0.676. The first-order valence-electron chi connectivity index (χ1n) is 7.05. The van der Waals surface area contributed by atoms with Gasteiger partial charge < -0.3 is 18.5 Å². The van der Waals surface area contributed by atoms with Crippen LogP contribution >= 0.6 is 0 Å². The predicted molar refractivity (Wildman–Crippen MR) is 83.2 cm³/mol. The van der Waals surface area contributed by atoms with Crippen molar-refractivity contribution in [1.82, 2.24) is 4.90 Å². The lowest BCUT2D eigenvalue weighted by atomic mass is 10.2. The molecule has 1 amide bonds. The summed E-state index contributed by atoms with van der Waals surface area (Å²) in [6, 6.07) is 11.7. The number of furan rings is 1. The fourth-order valence-corrected chi connectivity index (χ4v) is 2.11. The molecule has 1 aromatic carbocycles. The van der Waals surface area contributed by atoms with Crippen LogP contribution in [-0.2, 0) is 11.3 Å². The molecule has 2 aromatic heterocycles. The number of hydrogen-bond acceptors (Lipinski definition) is 5. The zero-order chi connectivity index (χ0) is 16.2. The van der Waals surface area contributed by atoms with Crippen molar-refractivity contribution in [2.45, 2.75) is 6.54 Å². The number of rotatable bonds is 5. The van der Waals surface area contributed by atoms with E-state index in [1.807, 2.05) is 0 Å². The summed E-state index contributed by atoms with van der Waals surface area (Å²) in [5, 5.41) is 0.790. The molecule has 3 rings (SSSR count). The Morgan fingerprint density at radius 1 is 1.22 bits per heavy atom. The monoisotopic (exact) mass is 313 g/mol. The summed E-state index contributed by atoms with van der Waals surface area (Å²) in [7, 11) is 1.67. The topological polar surface area (TPSA) is 72.9 Å². The molecule has 0 saturated heterocycles. The Labute approximate surface area is 131 Å². The van der Waals surface area contributed by atoms with E-state index in [0.717, 1.165) is 5.39 Å². The molecule has 0 saturated carbocycles. The van der Waals surface area contributed by atoms with Gasteiger partial charge in [0.1, 0.15) is 17.1 Å². The van der Waals surface area contributed by atoms with Crippen LogP contribution in [0.1, 0.15) is 5.76 Å². The smallest absolute Gasteiger partial charge is 0.336 e. The summed E-state index contributed by atoms with van der Waals surface area (Å²) in [6.07, 6.45) is 1.56. The van der Waals surface area contributed by atoms with Crippen LogP contribution in [0.4, 0.5) is 0 Å². The number of hydrogen-bond donors (Lipinski definition) is 0. The van der Waals surface area contributed by atoms with Gasteiger partial charge >= 0.3 is 5.63 Å². The Morgan fingerprint density at radius 2 is 2.04 bits per heavy atom. The Hall–Kier alpha value is -3.02. The fourth-order valence-electron chi connectivity index (χ4n) is 2.11. The second kappa shape index (κ2) is 6.39. The molecule has 0 aliphatic carbocycles. The molecule has 0 radical (unpaired) electrons. The van der Waals surface area contributed by atoms with Crippen molar-refractivity contribution in [3.63, 3.8) is 0 Å². The van der Waals surface area contributed by atoms with Gasteiger partial charge in [0.25, 0.3) is 5.91 Å². The molecule has 6 heteroatoms. The van der Waals surface area contributed by atoms with Crippen LogP contribution in [0, 0.1) is 0 Å². The maximum Gasteiger partial charge on any atom is 0.336 e. The van der Waals surface area contributed by atoms with Gasteiger partial charge in [-0.25, -0.2) is 4.79 Å². The molecular formula is C17H15NO5. The van der Waals surface area contributed by atoms with Gasteiger partial charge in [0.15, 0.2) is 6.61 Å². The Morgan fingerprint density at radius 3 is 2.83 bits per heavy atom. The number of carbonyl (C=O) groups is 1. The molecule has 0 spiro atoms. The summed E-state index contributed by atoms with van der Waals surface area (Å²) in [5.74, 6) is 0.982. The van der Waals surface area contributed by atoms with E-state index in [2.05, 4.69) is 0 Å². The van der Waals surface area contributed by atoms with Crippen molar-refractivity contribution in [1.29, 1.82) is 0 Å². The Kier molecular flexibility index (Phi) is 4.14. The fraction of sp³-hybridized carbons (Fsp3) is 0.176. The van der Waals surface area contributed by atoms with E-state index in [9.17, 15) is 9.59 Å². The Balaban J connectivity index is 1.63. The average Bonchev–Trinajstić information content (AvgIpc) is 3.05. The summed E-state index contributed by atoms with van der Waals surface area (Å²) < 4.78 is 15.8. The number of carbonyl (C=O) groups excluding carboxylic acids is 1. The molecule has 118 valence electrons. The molecule has 3 aromatic rings. The highest BCUT2D eigenvalue weighted by Crippen LogP contribution is 2.19. The normalized spacial score (nSPS) is 10.7. The molecule has 0 fully saturated rings. The first-order valence-corrected chi connectivity index (χ1v) is 7.05. The van der Waals surface area contributed by atoms with Crippen LogP contribution in [-0.4, -0.2) is 24.5 Å². The van der Waals surface area contributed by atoms with Crippen LogP contribution < -0.4 is 10.4 Å². The number of nitrogens with zero attached hydrogens (tertiary/aromatic N) is 1. The molecule has 23 heavy (non-hydrogen) atoms. The predicted octanol–water partition coefficient (Wildman–Crippen LogP) is 2.42. The van der Waals surface area contributed by atoms with Crippen LogP contribution in [0.3, 0.4) is 0 Å². The van der Waals surface area contributed by atoms with E-state index in [0.29, 0.717) is 23.6 Å². The van der Waals surface area contributed by atoms with Crippen LogP contribution in [0.5, 0.6) is 5.75 Å². The van der Waals surface area contributed by atoms with Crippen molar-refractivity contribution >= 4 is 16.9 Å². The minimum atomic E-state index is -0.427. The van der Waals surface area contributed by atoms with Gasteiger partial charge in [-0.15, -0.1) is 0 Å². The van der Waals surface area contributed by atoms with Gasteiger partial charge in [-0.05, 0) is 30.3 Å². The minimum absolute atomic E-state index is 0.111. The zero-order valence-corrected chi connectivity index (χ0v) is 12.5. The summed E-state index contributed by atoms with van der Waals surface area (Å²) in [6.45, 7) is 0.265. The van der Waals surface area contributed by atoms with E-state index in [-0.39, 0.29) is 12.5 Å². The van der Waals surface area contributed by atoms with Crippen molar-refractivity contribution in [3.8, 4) is 5.75 Å². The maximum absolute atomic E-state index is 12.0. The molecule has 0 N–H and O–H groups in total. The van der Waals surface area contributed by atoms with Crippen molar-refractivity contribution in [2.75, 3.05) is 13.7 Å². The van der Waals surface area contributed by atoms with Gasteiger partial charge in [0.05, 0.1) is 12.8 Å². The van der Waals surface area contributed by atoms with Crippen LogP contribution in [0.2, 0.25) is 0 Å². The lowest BCUT2D eigenvalue weighted by molar-refractivity contribution is -0.132. The van der Waals surface area contributed by atoms with Crippen molar-refractivity contribution in [3.05, 3.63) is 64.9 Å². The number of likely N-dealkylation sites (N-methyl/N-ethyl adjacent to an activating group) is 1. The molecule has 0 unspecified atom stereocenters. The van der Waals surface area contributed by atoms with Gasteiger partial charge in [0, 0.05) is 24.6 Å². The average molecular weight is 313 g/mol. The highest BCUT2D eigenvalue weighted by molar-refractivity contribution is 5.79. The molecule has 0 atom stereocenters. The highest BCUT2D eigenvalue weighted by atomic mass is 16.5. The highest BCUT2D eigenvalue weighted by Gasteiger charge is 2.12. The third-order valence-electron chi connectivity index (χ3n) is 3.36. The van der Waals surface area contributed by atoms with Gasteiger partial charge in [-0.2, -0.15) is 0 Å². The third-order valence-corrected chi connectivity index (χ3v) is 3.36. The lowest BCUT2D eigenvalue weighted by Crippen LogP contribution is -2.30. The van der Waals surface area contributed by atoms with Gasteiger partial charge in [0.2, 0.25) is 0 Å². The van der Waals surface area contributed by atoms with Crippen LogP contribution in [0.25, 0.3) is 11.0 Å². The summed E-state index contributed by atoms with van der Waals surface area (Å²) >= 11 is 0. The Bertz CT molecular complexity index is 866. The van der Waals surface area contributed by atoms with E-state index >= 15 is 0 Å². The molecule has 0 bridgehead atoms. The van der Waals surface area contributed by atoms with Crippen molar-refractivity contribution in [2.24, 2.45) is 0 Å². The SMILES string of the molecule is CN(Cc1ccco1)C(=O)COc1ccc2ccc(=O)oc2c1. The van der Waals surface area contributed by atoms with E-state index in [1.165, 1.54) is 11.0 Å². The number of ether oxygens (including phenoxy) is 1. The largest absolute Gasteiger partial charge is 0.484 e. The van der Waals surface area contributed by atoms with Gasteiger partial charge in [-0.1, -0.05) is 0 Å². The molecule has 0 aliphatic heterocycles. The van der Waals surface area contributed by atoms with Gasteiger partial charge in [-0.3, -0.25) is 4.79 Å². The second-order valence-electron chi connectivity index (χ2n) is 5.07. The number of benzene rings is 1. The van der Waals surface area contributed by atoms with E-state index in [1.54, 1.807) is 49.7 Å². The number of fused-ring (bicyclic) bond motifs is 1. The summed E-state index contributed by atoms with van der Waals surface area (Å²) in [5.41, 5.74) is -0.00435. The first-order chi connectivity index (χ1) is 11.1. The third kappa shape index (κ3) is 3.60. The van der Waals surface area contributed by atoms with Crippen molar-refractivity contribution < 1.29 is 18.4 Å². The first kappa shape index (κ1) is 14.9. The minimum Gasteiger partial charge on any atom is -0.484 e. The molecule has 6 nitrogen and oxygen atoms in total. The molecule has 2 heterocycles. The standard InChI is InChI=1S/C17H15NO5/c1-18(10-14-3-2-8-21-14)16(19)11-22-13-6-4-12-5-7-17(20)23-15(12)9-13/h2-9H,10-11H2,1H3. The second-order valence-corrected chi connectivity index (χ2v) is 5.07. The number of amides is 1. The molecule has 0 aliphatic rings. The summed E-state index contributed by atoms with van der Waals surface area (Å²) in [4.78, 5) is 24.8. The lowest BCUT2D eigenvalue weighted by Gasteiger charge is -2.16.